The summed E-state index contributed by atoms with van der Waals surface area (Å²) in [6, 6.07) is 18.4. The van der Waals surface area contributed by atoms with Crippen LogP contribution in [0.1, 0.15) is 45.8 Å². The van der Waals surface area contributed by atoms with Crippen molar-refractivity contribution in [2.24, 2.45) is 4.40 Å². The van der Waals surface area contributed by atoms with Gasteiger partial charge < -0.3 is 5.11 Å². The molecule has 4 heteroatoms. The number of carbonyl (C=O) groups is 1. The molecule has 0 amide bonds. The molecule has 3 aromatic carbocycles. The summed E-state index contributed by atoms with van der Waals surface area (Å²) in [5, 5.41) is 14.5. The average molecular weight is 436 g/mol. The van der Waals surface area contributed by atoms with Crippen LogP contribution in [0, 0.1) is 10.4 Å². The summed E-state index contributed by atoms with van der Waals surface area (Å²) in [7, 11) is 0. The lowest BCUT2D eigenvalue weighted by atomic mass is 9.80. The highest BCUT2D eigenvalue weighted by atomic mass is 32.2. The van der Waals surface area contributed by atoms with Gasteiger partial charge in [-0.05, 0) is 81.1 Å². The van der Waals surface area contributed by atoms with Gasteiger partial charge in [0.2, 0.25) is 0 Å². The Balaban J connectivity index is 1.56. The molecule has 0 saturated heterocycles. The standard InChI is InChI=1S/C28H21NO2S/c30-28(31)20-11-14-26-19(15-20)10-13-25(29-32-26)24-16-18-6-2-3-7-21(18)23-12-9-17-5-1-4-8-22(17)27(23)24/h2-3,5-7,9-16,24H,1,4,8H2,(H,30,31). The number of benzene rings is 3. The molecule has 0 bridgehead atoms. The number of carboxylic acid groups (broad SMARTS) is 1. The van der Waals surface area contributed by atoms with E-state index < -0.39 is 5.97 Å². The Morgan fingerprint density at radius 2 is 1.91 bits per heavy atom. The molecule has 6 rings (SSSR count). The first-order valence-electron chi connectivity index (χ1n) is 10.9. The fourth-order valence-electron chi connectivity index (χ4n) is 5.02. The summed E-state index contributed by atoms with van der Waals surface area (Å²) < 4.78 is 4.94. The lowest BCUT2D eigenvalue weighted by Crippen LogP contribution is -2.25. The third-order valence-corrected chi connectivity index (χ3v) is 7.43. The number of nitrogens with zero attached hydrogens (tertiary/aromatic N) is 1. The van der Waals surface area contributed by atoms with E-state index in [0.29, 0.717) is 5.56 Å². The molecule has 0 spiro atoms. The first kappa shape index (κ1) is 19.3. The number of hydrogen-bond acceptors (Lipinski definition) is 3. The van der Waals surface area contributed by atoms with Gasteiger partial charge in [-0.2, -0.15) is 0 Å². The van der Waals surface area contributed by atoms with Gasteiger partial charge in [-0.1, -0.05) is 54.6 Å². The molecule has 1 aliphatic heterocycles. The van der Waals surface area contributed by atoms with E-state index in [1.165, 1.54) is 50.4 Å². The molecule has 1 heterocycles. The fraction of sp³-hybridized carbons (Fsp3) is 0.143. The van der Waals surface area contributed by atoms with Crippen LogP contribution in [0.25, 0.3) is 18.2 Å². The largest absolute Gasteiger partial charge is 0.478 e. The van der Waals surface area contributed by atoms with Crippen molar-refractivity contribution in [3.63, 3.8) is 0 Å². The lowest BCUT2D eigenvalue weighted by Gasteiger charge is -2.23. The van der Waals surface area contributed by atoms with Crippen LogP contribution >= 0.6 is 11.9 Å². The van der Waals surface area contributed by atoms with Crippen molar-refractivity contribution in [1.29, 1.82) is 0 Å². The van der Waals surface area contributed by atoms with Gasteiger partial charge >= 0.3 is 5.97 Å². The van der Waals surface area contributed by atoms with E-state index in [9.17, 15) is 9.90 Å². The van der Waals surface area contributed by atoms with Gasteiger partial charge in [-0.25, -0.2) is 9.19 Å². The van der Waals surface area contributed by atoms with Crippen LogP contribution in [0.15, 0.2) is 70.0 Å². The Kier molecular flexibility index (Phi) is 4.62. The summed E-state index contributed by atoms with van der Waals surface area (Å²) in [5.74, 6) is -0.844. The highest BCUT2D eigenvalue weighted by molar-refractivity contribution is 7.98. The summed E-state index contributed by atoms with van der Waals surface area (Å²) in [5.41, 5.74) is 5.01. The molecule has 0 aromatic heterocycles. The highest BCUT2D eigenvalue weighted by Crippen LogP contribution is 2.34. The minimum Gasteiger partial charge on any atom is -0.478 e. The summed E-state index contributed by atoms with van der Waals surface area (Å²) in [6.07, 6.45) is 12.2. The third kappa shape index (κ3) is 3.14. The molecule has 1 atom stereocenters. The van der Waals surface area contributed by atoms with Crippen molar-refractivity contribution in [1.82, 2.24) is 0 Å². The maximum Gasteiger partial charge on any atom is 0.335 e. The van der Waals surface area contributed by atoms with Crippen molar-refractivity contribution < 1.29 is 9.90 Å². The lowest BCUT2D eigenvalue weighted by molar-refractivity contribution is 0.0696. The number of rotatable bonds is 2. The van der Waals surface area contributed by atoms with Crippen LogP contribution in [-0.2, 0) is 6.42 Å². The van der Waals surface area contributed by atoms with E-state index in [-0.39, 0.29) is 5.92 Å². The molecule has 3 aliphatic rings. The predicted molar refractivity (Wildman–Crippen MR) is 130 cm³/mol. The van der Waals surface area contributed by atoms with Crippen LogP contribution in [0.5, 0.6) is 0 Å². The van der Waals surface area contributed by atoms with Gasteiger partial charge in [0, 0.05) is 22.8 Å². The molecule has 3 aromatic rings. The minimum absolute atomic E-state index is 0.0679. The zero-order chi connectivity index (χ0) is 21.7. The molecule has 0 fully saturated rings. The Morgan fingerprint density at radius 1 is 1.00 bits per heavy atom. The molecule has 2 aliphatic carbocycles. The second-order valence-corrected chi connectivity index (χ2v) is 9.23. The molecule has 0 radical (unpaired) electrons. The normalized spacial score (nSPS) is 18.0. The molecular formula is C28H21NO2S. The molecular weight excluding hydrogens is 414 g/mol. The topological polar surface area (TPSA) is 49.7 Å². The van der Waals surface area contributed by atoms with Gasteiger partial charge in [0.05, 0.1) is 11.3 Å². The first-order valence-corrected chi connectivity index (χ1v) is 11.7. The van der Waals surface area contributed by atoms with Gasteiger partial charge in [0.15, 0.2) is 0 Å². The van der Waals surface area contributed by atoms with E-state index in [0.717, 1.165) is 29.0 Å². The average Bonchev–Trinajstić information content (AvgIpc) is 3.05. The number of carboxylic acids is 1. The number of aromatic carboxylic acids is 1. The molecule has 3 nitrogen and oxygen atoms in total. The second kappa shape index (κ2) is 7.64. The van der Waals surface area contributed by atoms with E-state index in [1.807, 2.05) is 12.1 Å². The number of hydrogen-bond donors (Lipinski definition) is 1. The summed E-state index contributed by atoms with van der Waals surface area (Å²) >= 11 is 1.43. The maximum atomic E-state index is 11.4. The zero-order valence-corrected chi connectivity index (χ0v) is 18.2. The molecule has 156 valence electrons. The number of fused-ring (bicyclic) bond motifs is 5. The molecule has 1 unspecified atom stereocenters. The van der Waals surface area contributed by atoms with Crippen molar-refractivity contribution in [2.75, 3.05) is 0 Å². The van der Waals surface area contributed by atoms with Gasteiger partial charge in [-0.3, -0.25) is 0 Å². The van der Waals surface area contributed by atoms with Crippen molar-refractivity contribution in [3.05, 3.63) is 104 Å². The highest BCUT2D eigenvalue weighted by Gasteiger charge is 2.24. The SMILES string of the molecule is O=C(O)c1ccc2c(c1)C=CC(C1C=c3ccccc3=c3ccc4c(c31)CCCC=4)=NS2. The molecule has 1 N–H and O–H groups in total. The zero-order valence-electron chi connectivity index (χ0n) is 17.4. The summed E-state index contributed by atoms with van der Waals surface area (Å²) in [4.78, 5) is 12.4. The van der Waals surface area contributed by atoms with E-state index in [2.05, 4.69) is 54.6 Å². The van der Waals surface area contributed by atoms with Crippen LogP contribution in [0.4, 0.5) is 0 Å². The Labute approximate surface area is 190 Å². The monoisotopic (exact) mass is 435 g/mol. The molecule has 0 saturated carbocycles. The van der Waals surface area contributed by atoms with Crippen LogP contribution in [0.2, 0.25) is 0 Å². The third-order valence-electron chi connectivity index (χ3n) is 6.56. The predicted octanol–water partition coefficient (Wildman–Crippen LogP) is 4.84. The van der Waals surface area contributed by atoms with Gasteiger partial charge in [-0.15, -0.1) is 0 Å². The fourth-order valence-corrected chi connectivity index (χ4v) is 5.76. The Morgan fingerprint density at radius 3 is 2.81 bits per heavy atom. The van der Waals surface area contributed by atoms with Gasteiger partial charge in [0.25, 0.3) is 0 Å². The Bertz CT molecular complexity index is 1570. The van der Waals surface area contributed by atoms with Gasteiger partial charge in [0.1, 0.15) is 0 Å². The Hall–Kier alpha value is -3.37. The molecule has 32 heavy (non-hydrogen) atoms. The van der Waals surface area contributed by atoms with Crippen LogP contribution in [0.3, 0.4) is 0 Å². The quantitative estimate of drug-likeness (QED) is 0.586. The minimum atomic E-state index is -0.911. The van der Waals surface area contributed by atoms with Crippen LogP contribution in [-0.4, -0.2) is 16.8 Å². The van der Waals surface area contributed by atoms with E-state index >= 15 is 0 Å². The summed E-state index contributed by atoms with van der Waals surface area (Å²) in [6.45, 7) is 0. The van der Waals surface area contributed by atoms with E-state index in [1.54, 1.807) is 12.1 Å². The van der Waals surface area contributed by atoms with Crippen molar-refractivity contribution in [2.45, 2.75) is 30.1 Å². The van der Waals surface area contributed by atoms with Crippen LogP contribution < -0.4 is 10.4 Å². The first-order chi connectivity index (χ1) is 15.7. The van der Waals surface area contributed by atoms with Crippen molar-refractivity contribution >= 4 is 41.9 Å². The second-order valence-electron chi connectivity index (χ2n) is 8.42. The van der Waals surface area contributed by atoms with E-state index in [4.69, 9.17) is 4.40 Å². The maximum absolute atomic E-state index is 11.4. The number of allylic oxidation sites excluding steroid dienone is 1. The smallest absolute Gasteiger partial charge is 0.335 e. The van der Waals surface area contributed by atoms with Crippen molar-refractivity contribution in [3.8, 4) is 0 Å².